The van der Waals surface area contributed by atoms with E-state index in [4.69, 9.17) is 25.5 Å². The monoisotopic (exact) mass is 385 g/mol. The van der Waals surface area contributed by atoms with Crippen LogP contribution in [0.15, 0.2) is 52.9 Å². The van der Waals surface area contributed by atoms with E-state index < -0.39 is 18.4 Å². The fourth-order valence-electron chi connectivity index (χ4n) is 2.41. The van der Waals surface area contributed by atoms with Crippen molar-refractivity contribution in [2.24, 2.45) is 0 Å². The van der Waals surface area contributed by atoms with Gasteiger partial charge >= 0.3 is 5.97 Å². The number of halogens is 1. The van der Waals surface area contributed by atoms with E-state index >= 15 is 0 Å². The minimum absolute atomic E-state index is 0.0365. The topological polar surface area (TPSA) is 78.6 Å². The second kappa shape index (κ2) is 8.05. The van der Waals surface area contributed by atoms with Crippen LogP contribution in [0.4, 0.5) is 0 Å². The summed E-state index contributed by atoms with van der Waals surface area (Å²) >= 11 is 6.01. The maximum atomic E-state index is 12.3. The summed E-state index contributed by atoms with van der Waals surface area (Å²) in [4.78, 5) is 28.7. The number of esters is 1. The molecule has 0 aliphatic carbocycles. The van der Waals surface area contributed by atoms with Crippen LogP contribution in [0.3, 0.4) is 0 Å². The van der Waals surface area contributed by atoms with Crippen LogP contribution in [0.2, 0.25) is 5.02 Å². The Kier molecular flexibility index (Phi) is 5.57. The van der Waals surface area contributed by atoms with Gasteiger partial charge in [0.2, 0.25) is 5.89 Å². The lowest BCUT2D eigenvalue weighted by Gasteiger charge is -2.06. The van der Waals surface area contributed by atoms with Crippen LogP contribution in [0, 0.1) is 6.92 Å². The Bertz CT molecular complexity index is 981. The average Bonchev–Trinajstić information content (AvgIpc) is 3.08. The van der Waals surface area contributed by atoms with E-state index in [9.17, 15) is 9.59 Å². The predicted octanol–water partition coefficient (Wildman–Crippen LogP) is 4.35. The van der Waals surface area contributed by atoms with E-state index in [1.807, 2.05) is 30.3 Å². The van der Waals surface area contributed by atoms with Crippen molar-refractivity contribution in [3.63, 3.8) is 0 Å². The number of aromatic nitrogens is 1. The van der Waals surface area contributed by atoms with E-state index in [0.717, 1.165) is 5.56 Å². The summed E-state index contributed by atoms with van der Waals surface area (Å²) in [5, 5.41) is 0.300. The number of ether oxygens (including phenoxy) is 2. The third-order valence-electron chi connectivity index (χ3n) is 3.82. The number of aryl methyl sites for hydroxylation is 1. The summed E-state index contributed by atoms with van der Waals surface area (Å²) in [6, 6.07) is 13.8. The number of rotatable bonds is 6. The molecule has 3 rings (SSSR count). The van der Waals surface area contributed by atoms with Gasteiger partial charge in [-0.05, 0) is 37.3 Å². The lowest BCUT2D eigenvalue weighted by Crippen LogP contribution is -2.15. The molecule has 2 aromatic carbocycles. The molecule has 138 valence electrons. The molecule has 3 aromatic rings. The number of ketones is 1. The molecule has 1 heterocycles. The molecule has 0 radical (unpaired) electrons. The van der Waals surface area contributed by atoms with Crippen molar-refractivity contribution in [2.45, 2.75) is 6.92 Å². The van der Waals surface area contributed by atoms with E-state index in [0.29, 0.717) is 28.0 Å². The van der Waals surface area contributed by atoms with Gasteiger partial charge in [-0.15, -0.1) is 0 Å². The number of carbonyl (C=O) groups is 2. The molecule has 27 heavy (non-hydrogen) atoms. The fraction of sp³-hybridized carbons (Fsp3) is 0.150. The van der Waals surface area contributed by atoms with Gasteiger partial charge in [0.15, 0.2) is 18.1 Å². The third-order valence-corrected chi connectivity index (χ3v) is 4.11. The van der Waals surface area contributed by atoms with E-state index in [1.54, 1.807) is 19.1 Å². The van der Waals surface area contributed by atoms with E-state index in [1.165, 1.54) is 13.2 Å². The molecule has 0 unspecified atom stereocenters. The number of nitrogens with zero attached hydrogens (tertiary/aromatic N) is 1. The number of hydrogen-bond acceptors (Lipinski definition) is 6. The second-order valence-corrected chi connectivity index (χ2v) is 6.05. The summed E-state index contributed by atoms with van der Waals surface area (Å²) in [5.41, 5.74) is 1.09. The van der Waals surface area contributed by atoms with Crippen LogP contribution in [0.1, 0.15) is 26.6 Å². The Morgan fingerprint density at radius 2 is 1.89 bits per heavy atom. The molecule has 0 spiro atoms. The van der Waals surface area contributed by atoms with Crippen molar-refractivity contribution in [1.82, 2.24) is 4.98 Å². The van der Waals surface area contributed by atoms with Crippen molar-refractivity contribution >= 4 is 23.4 Å². The molecular formula is C20H16ClNO5. The normalized spacial score (nSPS) is 10.5. The van der Waals surface area contributed by atoms with Gasteiger partial charge < -0.3 is 13.9 Å². The zero-order valence-electron chi connectivity index (χ0n) is 14.7. The largest absolute Gasteiger partial charge is 0.495 e. The molecule has 0 fully saturated rings. The highest BCUT2D eigenvalue weighted by molar-refractivity contribution is 6.32. The van der Waals surface area contributed by atoms with Crippen LogP contribution in [-0.4, -0.2) is 30.5 Å². The maximum Gasteiger partial charge on any atom is 0.361 e. The Balaban J connectivity index is 1.68. The summed E-state index contributed by atoms with van der Waals surface area (Å²) in [7, 11) is 1.48. The summed E-state index contributed by atoms with van der Waals surface area (Å²) in [6.07, 6.45) is 0. The highest BCUT2D eigenvalue weighted by Crippen LogP contribution is 2.25. The van der Waals surface area contributed by atoms with Gasteiger partial charge in [0.05, 0.1) is 12.1 Å². The smallest absolute Gasteiger partial charge is 0.361 e. The molecule has 0 N–H and O–H groups in total. The molecule has 7 heteroatoms. The number of hydrogen-bond donors (Lipinski definition) is 0. The first-order valence-corrected chi connectivity index (χ1v) is 8.44. The molecule has 6 nitrogen and oxygen atoms in total. The highest BCUT2D eigenvalue weighted by atomic mass is 35.5. The predicted molar refractivity (Wildman–Crippen MR) is 99.3 cm³/mol. The first-order valence-electron chi connectivity index (χ1n) is 8.06. The zero-order valence-corrected chi connectivity index (χ0v) is 15.4. The Labute approximate surface area is 160 Å². The minimum Gasteiger partial charge on any atom is -0.495 e. The first-order chi connectivity index (χ1) is 13.0. The molecule has 0 bridgehead atoms. The van der Waals surface area contributed by atoms with Crippen LogP contribution in [0.5, 0.6) is 5.75 Å². The van der Waals surface area contributed by atoms with Crippen LogP contribution >= 0.6 is 11.6 Å². The Morgan fingerprint density at radius 1 is 1.15 bits per heavy atom. The number of benzene rings is 2. The fourth-order valence-corrected chi connectivity index (χ4v) is 2.67. The van der Waals surface area contributed by atoms with E-state index in [2.05, 4.69) is 4.98 Å². The molecule has 0 amide bonds. The molecule has 0 aliphatic heterocycles. The molecule has 0 atom stereocenters. The van der Waals surface area contributed by atoms with Gasteiger partial charge in [0, 0.05) is 11.1 Å². The Hall–Kier alpha value is -3.12. The second-order valence-electron chi connectivity index (χ2n) is 5.64. The number of carbonyl (C=O) groups excluding carboxylic acids is 2. The minimum atomic E-state index is -0.730. The Morgan fingerprint density at radius 3 is 2.56 bits per heavy atom. The maximum absolute atomic E-state index is 12.3. The highest BCUT2D eigenvalue weighted by Gasteiger charge is 2.21. The van der Waals surface area contributed by atoms with Gasteiger partial charge in [0.1, 0.15) is 11.5 Å². The van der Waals surface area contributed by atoms with Gasteiger partial charge in [-0.25, -0.2) is 9.78 Å². The SMILES string of the molecule is COc1ccc(C(=O)COC(=O)c2nc(-c3ccccc3)oc2C)cc1Cl. The number of methoxy groups -OCH3 is 1. The summed E-state index contributed by atoms with van der Waals surface area (Å²) in [6.45, 7) is 1.18. The first kappa shape index (κ1) is 18.7. The van der Waals surface area contributed by atoms with Crippen molar-refractivity contribution < 1.29 is 23.5 Å². The van der Waals surface area contributed by atoms with Crippen molar-refractivity contribution in [1.29, 1.82) is 0 Å². The van der Waals surface area contributed by atoms with Gasteiger partial charge in [-0.2, -0.15) is 0 Å². The van der Waals surface area contributed by atoms with Crippen LogP contribution in [-0.2, 0) is 4.74 Å². The third kappa shape index (κ3) is 4.17. The number of oxazole rings is 1. The van der Waals surface area contributed by atoms with Gasteiger partial charge in [-0.1, -0.05) is 29.8 Å². The lowest BCUT2D eigenvalue weighted by atomic mass is 10.1. The molecular weight excluding hydrogens is 370 g/mol. The van der Waals surface area contributed by atoms with Crippen molar-refractivity contribution in [2.75, 3.05) is 13.7 Å². The zero-order chi connectivity index (χ0) is 19.4. The summed E-state index contributed by atoms with van der Waals surface area (Å²) in [5.74, 6) is -0.0345. The van der Waals surface area contributed by atoms with E-state index in [-0.39, 0.29) is 5.69 Å². The van der Waals surface area contributed by atoms with Crippen molar-refractivity contribution in [3.05, 3.63) is 70.6 Å². The molecule has 1 aromatic heterocycles. The van der Waals surface area contributed by atoms with Gasteiger partial charge in [0.25, 0.3) is 0 Å². The van der Waals surface area contributed by atoms with Crippen LogP contribution < -0.4 is 4.74 Å². The van der Waals surface area contributed by atoms with Crippen molar-refractivity contribution in [3.8, 4) is 17.2 Å². The molecule has 0 saturated heterocycles. The summed E-state index contributed by atoms with van der Waals surface area (Å²) < 4.78 is 15.7. The quantitative estimate of drug-likeness (QED) is 0.463. The van der Waals surface area contributed by atoms with Crippen LogP contribution in [0.25, 0.3) is 11.5 Å². The standard InChI is InChI=1S/C20H16ClNO5/c1-12-18(22-19(27-12)13-6-4-3-5-7-13)20(24)26-11-16(23)14-8-9-17(25-2)15(21)10-14/h3-10H,11H2,1-2H3. The van der Waals surface area contributed by atoms with Gasteiger partial charge in [-0.3, -0.25) is 4.79 Å². The molecule has 0 aliphatic rings. The average molecular weight is 386 g/mol. The lowest BCUT2D eigenvalue weighted by molar-refractivity contribution is 0.0468. The number of Topliss-reactive ketones (excluding diaryl/α,β-unsaturated/α-hetero) is 1. The molecule has 0 saturated carbocycles.